The molecule has 1 aliphatic carbocycles. The van der Waals surface area contributed by atoms with Crippen molar-refractivity contribution in [1.82, 2.24) is 10.1 Å². The van der Waals surface area contributed by atoms with Crippen molar-refractivity contribution in [2.75, 3.05) is 30.3 Å². The molecule has 0 radical (unpaired) electrons. The number of ether oxygens (including phenoxy) is 1. The van der Waals surface area contributed by atoms with Crippen molar-refractivity contribution in [3.63, 3.8) is 0 Å². The summed E-state index contributed by atoms with van der Waals surface area (Å²) >= 11 is 0. The molecule has 6 heteroatoms. The van der Waals surface area contributed by atoms with Crippen molar-refractivity contribution < 1.29 is 9.26 Å². The Labute approximate surface area is 167 Å². The van der Waals surface area contributed by atoms with Gasteiger partial charge in [0.25, 0.3) is 0 Å². The molecular formula is C22H32N4O2. The van der Waals surface area contributed by atoms with Crippen LogP contribution in [0, 0.1) is 17.8 Å². The zero-order valence-electron chi connectivity index (χ0n) is 17.0. The molecule has 0 bridgehead atoms. The average molecular weight is 385 g/mol. The van der Waals surface area contributed by atoms with Gasteiger partial charge in [-0.05, 0) is 74.1 Å². The maximum Gasteiger partial charge on any atom is 0.324 e. The zero-order valence-corrected chi connectivity index (χ0v) is 17.0. The molecule has 28 heavy (non-hydrogen) atoms. The van der Waals surface area contributed by atoms with E-state index in [1.807, 2.05) is 24.3 Å². The molecule has 2 heterocycles. The highest BCUT2D eigenvalue weighted by molar-refractivity contribution is 5.41. The van der Waals surface area contributed by atoms with Gasteiger partial charge < -0.3 is 19.9 Å². The Hall–Kier alpha value is -2.24. The number of hydrogen-bond donors (Lipinski definition) is 1. The monoisotopic (exact) mass is 384 g/mol. The van der Waals surface area contributed by atoms with Crippen LogP contribution in [0.5, 0.6) is 5.75 Å². The van der Waals surface area contributed by atoms with Crippen LogP contribution in [0.25, 0.3) is 0 Å². The van der Waals surface area contributed by atoms with Gasteiger partial charge in [0.15, 0.2) is 5.82 Å². The van der Waals surface area contributed by atoms with E-state index in [1.54, 1.807) is 0 Å². The first-order valence-electron chi connectivity index (χ1n) is 10.7. The first kappa shape index (κ1) is 19.1. The number of hydrogen-bond acceptors (Lipinski definition) is 6. The van der Waals surface area contributed by atoms with Crippen LogP contribution >= 0.6 is 0 Å². The van der Waals surface area contributed by atoms with Crippen LogP contribution in [-0.2, 0) is 0 Å². The highest BCUT2D eigenvalue weighted by Gasteiger charge is 2.38. The summed E-state index contributed by atoms with van der Waals surface area (Å²) in [5, 5.41) is 4.09. The molecule has 1 unspecified atom stereocenters. The van der Waals surface area contributed by atoms with E-state index in [2.05, 4.69) is 28.9 Å². The van der Waals surface area contributed by atoms with E-state index in [1.165, 1.54) is 25.7 Å². The summed E-state index contributed by atoms with van der Waals surface area (Å²) < 4.78 is 11.3. The third-order valence-corrected chi connectivity index (χ3v) is 6.18. The Morgan fingerprint density at radius 3 is 2.61 bits per heavy atom. The van der Waals surface area contributed by atoms with E-state index >= 15 is 0 Å². The maximum atomic E-state index is 5.85. The normalized spacial score (nSPS) is 22.6. The first-order chi connectivity index (χ1) is 13.6. The van der Waals surface area contributed by atoms with Crippen LogP contribution in [0.3, 0.4) is 0 Å². The number of nitrogens with zero attached hydrogens (tertiary/aromatic N) is 3. The van der Waals surface area contributed by atoms with Gasteiger partial charge in [-0.2, -0.15) is 4.98 Å². The van der Waals surface area contributed by atoms with E-state index in [9.17, 15) is 0 Å². The summed E-state index contributed by atoms with van der Waals surface area (Å²) in [4.78, 5) is 6.78. The summed E-state index contributed by atoms with van der Waals surface area (Å²) in [6.07, 6.45) is 6.34. The molecule has 1 saturated heterocycles. The Balaban J connectivity index is 1.13. The van der Waals surface area contributed by atoms with E-state index in [0.29, 0.717) is 11.9 Å². The quantitative estimate of drug-likeness (QED) is 0.676. The molecular weight excluding hydrogens is 352 g/mol. The lowest BCUT2D eigenvalue weighted by atomic mass is 9.91. The third kappa shape index (κ3) is 4.78. The fourth-order valence-electron chi connectivity index (χ4n) is 4.22. The van der Waals surface area contributed by atoms with E-state index in [4.69, 9.17) is 15.0 Å². The van der Waals surface area contributed by atoms with E-state index < -0.39 is 0 Å². The highest BCUT2D eigenvalue weighted by atomic mass is 16.5. The number of nitrogen functional groups attached to an aromatic ring is 1. The number of rotatable bonds is 8. The predicted octanol–water partition coefficient (Wildman–Crippen LogP) is 4.49. The van der Waals surface area contributed by atoms with Crippen molar-refractivity contribution in [3.05, 3.63) is 30.1 Å². The van der Waals surface area contributed by atoms with Crippen molar-refractivity contribution in [2.45, 2.75) is 51.9 Å². The third-order valence-electron chi connectivity index (χ3n) is 6.18. The summed E-state index contributed by atoms with van der Waals surface area (Å²) in [5.74, 6) is 4.60. The number of anilines is 2. The van der Waals surface area contributed by atoms with Crippen LogP contribution in [0.1, 0.15) is 57.7 Å². The molecule has 1 saturated carbocycles. The van der Waals surface area contributed by atoms with E-state index in [-0.39, 0.29) is 0 Å². The summed E-state index contributed by atoms with van der Waals surface area (Å²) in [7, 11) is 0. The Morgan fingerprint density at radius 2 is 1.93 bits per heavy atom. The largest absolute Gasteiger partial charge is 0.494 e. The number of nitrogens with two attached hydrogens (primary N) is 1. The van der Waals surface area contributed by atoms with Crippen LogP contribution in [0.15, 0.2) is 28.8 Å². The smallest absolute Gasteiger partial charge is 0.324 e. The molecule has 4 rings (SSSR count). The SMILES string of the molecule is CC(C)c1noc(N2CCC(C[C@H]3CC3CCOc3ccc(N)cc3)CC2)n1. The van der Waals surface area contributed by atoms with E-state index in [0.717, 1.165) is 61.1 Å². The van der Waals surface area contributed by atoms with Gasteiger partial charge in [-0.25, -0.2) is 0 Å². The standard InChI is InChI=1S/C22H32N4O2/c1-15(2)21-24-22(28-25-21)26-10-7-16(8-11-26)13-18-14-17(18)9-12-27-20-5-3-19(23)4-6-20/h3-6,15-18H,7-14,23H2,1-2H3/t17?,18-/m0/s1. The van der Waals surface area contributed by atoms with Crippen LogP contribution < -0.4 is 15.4 Å². The molecule has 1 aliphatic heterocycles. The molecule has 2 N–H and O–H groups in total. The Bertz CT molecular complexity index is 750. The summed E-state index contributed by atoms with van der Waals surface area (Å²) in [5.41, 5.74) is 6.48. The second-order valence-corrected chi connectivity index (χ2v) is 8.72. The minimum atomic E-state index is 0.311. The van der Waals surface area contributed by atoms with Crippen molar-refractivity contribution in [1.29, 1.82) is 0 Å². The molecule has 1 aromatic carbocycles. The first-order valence-corrected chi connectivity index (χ1v) is 10.7. The van der Waals surface area contributed by atoms with Gasteiger partial charge in [-0.15, -0.1) is 0 Å². The number of piperidine rings is 1. The molecule has 2 fully saturated rings. The van der Waals surface area contributed by atoms with Crippen molar-refractivity contribution in [3.8, 4) is 5.75 Å². The van der Waals surface area contributed by atoms with Crippen LogP contribution in [0.2, 0.25) is 0 Å². The van der Waals surface area contributed by atoms with Crippen molar-refractivity contribution >= 4 is 11.7 Å². The van der Waals surface area contributed by atoms with Crippen molar-refractivity contribution in [2.24, 2.45) is 17.8 Å². The maximum absolute atomic E-state index is 5.85. The molecule has 1 aromatic heterocycles. The summed E-state index contributed by atoms with van der Waals surface area (Å²) in [6, 6.07) is 8.37. The number of benzene rings is 1. The van der Waals surface area contributed by atoms with Gasteiger partial charge in [0.2, 0.25) is 0 Å². The summed E-state index contributed by atoms with van der Waals surface area (Å²) in [6.45, 7) is 7.05. The minimum absolute atomic E-state index is 0.311. The molecule has 6 nitrogen and oxygen atoms in total. The van der Waals surface area contributed by atoms with Crippen LogP contribution in [-0.4, -0.2) is 29.8 Å². The van der Waals surface area contributed by atoms with Crippen LogP contribution in [0.4, 0.5) is 11.7 Å². The molecule has 0 amide bonds. The number of aromatic nitrogens is 2. The predicted molar refractivity (Wildman–Crippen MR) is 111 cm³/mol. The van der Waals surface area contributed by atoms with Gasteiger partial charge in [-0.3, -0.25) is 0 Å². The lowest BCUT2D eigenvalue weighted by Crippen LogP contribution is -2.34. The highest BCUT2D eigenvalue weighted by Crippen LogP contribution is 2.47. The fraction of sp³-hybridized carbons (Fsp3) is 0.636. The topological polar surface area (TPSA) is 77.4 Å². The molecule has 2 aliphatic rings. The van der Waals surface area contributed by atoms with Gasteiger partial charge >= 0.3 is 6.01 Å². The lowest BCUT2D eigenvalue weighted by Gasteiger charge is -2.30. The molecule has 152 valence electrons. The second-order valence-electron chi connectivity index (χ2n) is 8.72. The fourth-order valence-corrected chi connectivity index (χ4v) is 4.22. The van der Waals surface area contributed by atoms with Gasteiger partial charge in [0.05, 0.1) is 6.61 Å². The molecule has 0 spiro atoms. The Morgan fingerprint density at radius 1 is 1.18 bits per heavy atom. The van der Waals surface area contributed by atoms with Gasteiger partial charge in [-0.1, -0.05) is 19.0 Å². The van der Waals surface area contributed by atoms with Gasteiger partial charge in [0.1, 0.15) is 5.75 Å². The minimum Gasteiger partial charge on any atom is -0.494 e. The molecule has 2 aromatic rings. The van der Waals surface area contributed by atoms with Gasteiger partial charge in [0, 0.05) is 24.7 Å². The Kier molecular flexibility index (Phi) is 5.74. The zero-order chi connectivity index (χ0) is 19.5. The molecule has 2 atom stereocenters. The lowest BCUT2D eigenvalue weighted by molar-refractivity contribution is 0.291. The average Bonchev–Trinajstić information content (AvgIpc) is 3.22. The second kappa shape index (κ2) is 8.41.